The van der Waals surface area contributed by atoms with Crippen LogP contribution in [-0.4, -0.2) is 23.8 Å². The molecule has 0 heterocycles. The quantitative estimate of drug-likeness (QED) is 0.847. The van der Waals surface area contributed by atoms with Gasteiger partial charge in [0.1, 0.15) is 0 Å². The maximum Gasteiger partial charge on any atom is 0.411 e. The molecule has 0 bridgehead atoms. The first-order valence-corrected chi connectivity index (χ1v) is 5.24. The predicted octanol–water partition coefficient (Wildman–Crippen LogP) is 2.57. The zero-order valence-electron chi connectivity index (χ0n) is 10.0. The molecule has 0 radical (unpaired) electrons. The summed E-state index contributed by atoms with van der Waals surface area (Å²) in [5.74, 6) is -1.07. The van der Waals surface area contributed by atoms with Crippen LogP contribution < -0.4 is 5.32 Å². The van der Waals surface area contributed by atoms with Gasteiger partial charge in [-0.05, 0) is 38.0 Å². The van der Waals surface area contributed by atoms with E-state index in [1.54, 1.807) is 26.0 Å². The molecule has 0 fully saturated rings. The maximum atomic E-state index is 11.3. The van der Waals surface area contributed by atoms with Crippen molar-refractivity contribution in [2.24, 2.45) is 0 Å². The molecule has 0 unspecified atom stereocenters. The number of carbonyl (C=O) groups excluding carboxylic acids is 1. The van der Waals surface area contributed by atoms with Crippen molar-refractivity contribution >= 4 is 17.7 Å². The van der Waals surface area contributed by atoms with Gasteiger partial charge in [-0.15, -0.1) is 0 Å². The van der Waals surface area contributed by atoms with E-state index >= 15 is 0 Å². The number of hydrogen-bond acceptors (Lipinski definition) is 3. The van der Waals surface area contributed by atoms with Crippen LogP contribution >= 0.6 is 0 Å². The molecule has 0 aliphatic heterocycles. The number of carboxylic acids is 1. The van der Waals surface area contributed by atoms with Gasteiger partial charge in [0.15, 0.2) is 0 Å². The second-order valence-corrected chi connectivity index (χ2v) is 3.58. The average molecular weight is 237 g/mol. The fourth-order valence-electron chi connectivity index (χ4n) is 1.47. The van der Waals surface area contributed by atoms with Crippen molar-refractivity contribution in [3.05, 3.63) is 28.8 Å². The SMILES string of the molecule is CCOC(=O)Nc1ccc(C)c(C)c1C(=O)O. The van der Waals surface area contributed by atoms with E-state index in [2.05, 4.69) is 5.32 Å². The van der Waals surface area contributed by atoms with Gasteiger partial charge in [0.25, 0.3) is 0 Å². The number of benzene rings is 1. The number of aryl methyl sites for hydroxylation is 1. The Bertz CT molecular complexity index is 454. The predicted molar refractivity (Wildman–Crippen MR) is 63.5 cm³/mol. The Morgan fingerprint density at radius 3 is 2.53 bits per heavy atom. The Morgan fingerprint density at radius 1 is 1.35 bits per heavy atom. The van der Waals surface area contributed by atoms with Gasteiger partial charge < -0.3 is 9.84 Å². The molecule has 0 atom stereocenters. The van der Waals surface area contributed by atoms with Crippen molar-refractivity contribution in [3.63, 3.8) is 0 Å². The molecule has 1 aromatic rings. The number of aromatic carboxylic acids is 1. The number of rotatable bonds is 3. The van der Waals surface area contributed by atoms with Crippen molar-refractivity contribution in [2.45, 2.75) is 20.8 Å². The van der Waals surface area contributed by atoms with Crippen LogP contribution in [0.15, 0.2) is 12.1 Å². The van der Waals surface area contributed by atoms with E-state index in [1.165, 1.54) is 0 Å². The highest BCUT2D eigenvalue weighted by atomic mass is 16.5. The lowest BCUT2D eigenvalue weighted by Crippen LogP contribution is -2.17. The third-order valence-electron chi connectivity index (χ3n) is 2.46. The van der Waals surface area contributed by atoms with E-state index < -0.39 is 12.1 Å². The fraction of sp³-hybridized carbons (Fsp3) is 0.333. The van der Waals surface area contributed by atoms with Crippen molar-refractivity contribution in [1.82, 2.24) is 0 Å². The molecule has 0 aliphatic carbocycles. The van der Waals surface area contributed by atoms with Crippen LogP contribution in [0.5, 0.6) is 0 Å². The van der Waals surface area contributed by atoms with Crippen molar-refractivity contribution < 1.29 is 19.4 Å². The fourth-order valence-corrected chi connectivity index (χ4v) is 1.47. The van der Waals surface area contributed by atoms with Crippen LogP contribution in [0.25, 0.3) is 0 Å². The van der Waals surface area contributed by atoms with Crippen LogP contribution in [-0.2, 0) is 4.74 Å². The van der Waals surface area contributed by atoms with E-state index in [1.807, 2.05) is 6.92 Å². The number of hydrogen-bond donors (Lipinski definition) is 2. The first-order chi connectivity index (χ1) is 7.97. The molecular formula is C12H15NO4. The normalized spacial score (nSPS) is 9.82. The van der Waals surface area contributed by atoms with Gasteiger partial charge >= 0.3 is 12.1 Å². The highest BCUT2D eigenvalue weighted by molar-refractivity contribution is 6.00. The standard InChI is InChI=1S/C12H15NO4/c1-4-17-12(16)13-9-6-5-7(2)8(3)10(9)11(14)15/h5-6H,4H2,1-3H3,(H,13,16)(H,14,15). The number of nitrogens with one attached hydrogen (secondary N) is 1. The summed E-state index contributed by atoms with van der Waals surface area (Å²) >= 11 is 0. The van der Waals surface area contributed by atoms with Crippen LogP contribution in [0.1, 0.15) is 28.4 Å². The summed E-state index contributed by atoms with van der Waals surface area (Å²) < 4.78 is 4.71. The van der Waals surface area contributed by atoms with E-state index in [-0.39, 0.29) is 17.9 Å². The minimum absolute atomic E-state index is 0.0954. The summed E-state index contributed by atoms with van der Waals surface area (Å²) in [5, 5.41) is 11.5. The molecule has 5 heteroatoms. The molecule has 1 rings (SSSR count). The van der Waals surface area contributed by atoms with E-state index in [9.17, 15) is 9.59 Å². The Hall–Kier alpha value is -2.04. The summed E-state index contributed by atoms with van der Waals surface area (Å²) in [7, 11) is 0. The van der Waals surface area contributed by atoms with E-state index in [4.69, 9.17) is 9.84 Å². The van der Waals surface area contributed by atoms with Crippen molar-refractivity contribution in [1.29, 1.82) is 0 Å². The average Bonchev–Trinajstić information content (AvgIpc) is 2.23. The van der Waals surface area contributed by atoms with Crippen LogP contribution in [0, 0.1) is 13.8 Å². The molecule has 1 aromatic carbocycles. The van der Waals surface area contributed by atoms with Gasteiger partial charge in [0, 0.05) is 0 Å². The molecule has 0 saturated carbocycles. The van der Waals surface area contributed by atoms with Gasteiger partial charge in [-0.2, -0.15) is 0 Å². The smallest absolute Gasteiger partial charge is 0.411 e. The largest absolute Gasteiger partial charge is 0.478 e. The second-order valence-electron chi connectivity index (χ2n) is 3.58. The van der Waals surface area contributed by atoms with Gasteiger partial charge in [-0.1, -0.05) is 6.07 Å². The van der Waals surface area contributed by atoms with Crippen LogP contribution in [0.4, 0.5) is 10.5 Å². The van der Waals surface area contributed by atoms with Gasteiger partial charge in [0.2, 0.25) is 0 Å². The minimum atomic E-state index is -1.07. The monoisotopic (exact) mass is 237 g/mol. The summed E-state index contributed by atoms with van der Waals surface area (Å²) in [4.78, 5) is 22.4. The van der Waals surface area contributed by atoms with E-state index in [0.717, 1.165) is 5.56 Å². The van der Waals surface area contributed by atoms with Crippen LogP contribution in [0.3, 0.4) is 0 Å². The van der Waals surface area contributed by atoms with Gasteiger partial charge in [0.05, 0.1) is 17.9 Å². The van der Waals surface area contributed by atoms with Crippen molar-refractivity contribution in [3.8, 4) is 0 Å². The molecule has 0 saturated heterocycles. The number of ether oxygens (including phenoxy) is 1. The Kier molecular flexibility index (Phi) is 4.09. The number of anilines is 1. The number of carboxylic acid groups (broad SMARTS) is 1. The summed E-state index contributed by atoms with van der Waals surface area (Å²) in [6.07, 6.45) is -0.654. The lowest BCUT2D eigenvalue weighted by molar-refractivity contribution is 0.0697. The number of carbonyl (C=O) groups is 2. The molecule has 0 aromatic heterocycles. The molecular weight excluding hydrogens is 222 g/mol. The summed E-state index contributed by atoms with van der Waals surface area (Å²) in [5.41, 5.74) is 1.83. The van der Waals surface area contributed by atoms with E-state index in [0.29, 0.717) is 5.56 Å². The molecule has 92 valence electrons. The minimum Gasteiger partial charge on any atom is -0.478 e. The lowest BCUT2D eigenvalue weighted by atomic mass is 10.0. The summed E-state index contributed by atoms with van der Waals surface area (Å²) in [6, 6.07) is 3.31. The van der Waals surface area contributed by atoms with Gasteiger partial charge in [-0.25, -0.2) is 9.59 Å². The molecule has 0 aliphatic rings. The third kappa shape index (κ3) is 2.96. The zero-order valence-corrected chi connectivity index (χ0v) is 10.0. The topological polar surface area (TPSA) is 75.6 Å². The Balaban J connectivity index is 3.11. The molecule has 2 N–H and O–H groups in total. The second kappa shape index (κ2) is 5.34. The molecule has 0 spiro atoms. The highest BCUT2D eigenvalue weighted by Gasteiger charge is 2.16. The highest BCUT2D eigenvalue weighted by Crippen LogP contribution is 2.22. The zero-order chi connectivity index (χ0) is 13.0. The number of amides is 1. The lowest BCUT2D eigenvalue weighted by Gasteiger charge is -2.12. The first kappa shape index (κ1) is 13.0. The Morgan fingerprint density at radius 2 is 2.00 bits per heavy atom. The Labute approximate surface area is 99.4 Å². The maximum absolute atomic E-state index is 11.3. The molecule has 5 nitrogen and oxygen atoms in total. The first-order valence-electron chi connectivity index (χ1n) is 5.24. The summed E-state index contributed by atoms with van der Waals surface area (Å²) in [6.45, 7) is 5.43. The van der Waals surface area contributed by atoms with Gasteiger partial charge in [-0.3, -0.25) is 5.32 Å². The molecule has 1 amide bonds. The van der Waals surface area contributed by atoms with Crippen molar-refractivity contribution in [2.75, 3.05) is 11.9 Å². The third-order valence-corrected chi connectivity index (χ3v) is 2.46. The van der Waals surface area contributed by atoms with Crippen LogP contribution in [0.2, 0.25) is 0 Å². The molecule has 17 heavy (non-hydrogen) atoms.